The first-order valence-corrected chi connectivity index (χ1v) is 11.6. The second-order valence-electron chi connectivity index (χ2n) is 4.98. The van der Waals surface area contributed by atoms with E-state index in [-0.39, 0.29) is 5.78 Å². The van der Waals surface area contributed by atoms with Crippen LogP contribution in [0.5, 0.6) is 0 Å². The summed E-state index contributed by atoms with van der Waals surface area (Å²) < 4.78 is 3.36. The third-order valence-electron chi connectivity index (χ3n) is 3.24. The second kappa shape index (κ2) is 8.13. The molecule has 0 saturated heterocycles. The molecule has 0 aliphatic heterocycles. The second-order valence-corrected chi connectivity index (χ2v) is 10.6. The zero-order valence-corrected chi connectivity index (χ0v) is 14.5. The molecule has 0 heterocycles. The van der Waals surface area contributed by atoms with Crippen LogP contribution < -0.4 is 0 Å². The number of carbonyl (C=O) groups is 1. The molecule has 0 amide bonds. The Morgan fingerprint density at radius 2 is 1.71 bits per heavy atom. The number of allylic oxidation sites excluding steroid dienone is 1. The number of hydrogen-bond acceptors (Lipinski definition) is 1. The molecule has 0 unspecified atom stereocenters. The monoisotopic (exact) mass is 392 g/mol. The molecule has 2 aromatic rings. The molecular weight excluding hydrogens is 371 g/mol. The van der Waals surface area contributed by atoms with E-state index in [1.54, 1.807) is 6.92 Å². The Morgan fingerprint density at radius 1 is 1.05 bits per heavy atom. The Kier molecular flexibility index (Phi) is 6.18. The van der Waals surface area contributed by atoms with Gasteiger partial charge in [0.2, 0.25) is 0 Å². The molecular formula is C19H21IO. The Labute approximate surface area is 134 Å². The number of hydrogen-bond donors (Lipinski definition) is 0. The standard InChI is InChI=1S/C19H21IO/c1-3-13-20(14-17-9-5-4-6-10-17)15-18-11-7-8-12-19(18)16(2)21/h3-12H,1,13-15H2,2H3. The van der Waals surface area contributed by atoms with Crippen molar-refractivity contribution in [1.82, 2.24) is 0 Å². The van der Waals surface area contributed by atoms with Gasteiger partial charge in [0, 0.05) is 0 Å². The van der Waals surface area contributed by atoms with Gasteiger partial charge in [0.25, 0.3) is 0 Å². The molecule has 0 atom stereocenters. The van der Waals surface area contributed by atoms with Gasteiger partial charge in [-0.3, -0.25) is 0 Å². The first-order chi connectivity index (χ1) is 10.2. The van der Waals surface area contributed by atoms with Crippen LogP contribution in [0.1, 0.15) is 28.4 Å². The van der Waals surface area contributed by atoms with E-state index in [0.29, 0.717) is 0 Å². The van der Waals surface area contributed by atoms with E-state index in [2.05, 4.69) is 43.0 Å². The molecule has 0 spiro atoms. The van der Waals surface area contributed by atoms with Gasteiger partial charge in [0.05, 0.1) is 0 Å². The van der Waals surface area contributed by atoms with Gasteiger partial charge >= 0.3 is 135 Å². The van der Waals surface area contributed by atoms with E-state index in [9.17, 15) is 4.79 Å². The molecule has 0 saturated carbocycles. The summed E-state index contributed by atoms with van der Waals surface area (Å²) in [4.78, 5) is 11.8. The maximum absolute atomic E-state index is 11.8. The van der Waals surface area contributed by atoms with E-state index in [0.717, 1.165) is 14.4 Å². The minimum atomic E-state index is -1.22. The van der Waals surface area contributed by atoms with E-state index in [1.165, 1.54) is 15.6 Å². The number of rotatable bonds is 7. The van der Waals surface area contributed by atoms with Crippen LogP contribution in [-0.4, -0.2) is 10.2 Å². The molecule has 2 heteroatoms. The van der Waals surface area contributed by atoms with Gasteiger partial charge in [0.1, 0.15) is 0 Å². The number of Topliss-reactive ketones (excluding diaryl/α,β-unsaturated/α-hetero) is 1. The third kappa shape index (κ3) is 4.81. The van der Waals surface area contributed by atoms with Crippen LogP contribution >= 0.6 is 19.8 Å². The van der Waals surface area contributed by atoms with Crippen LogP contribution in [0.15, 0.2) is 67.3 Å². The van der Waals surface area contributed by atoms with Gasteiger partial charge in [-0.05, 0) is 0 Å². The van der Waals surface area contributed by atoms with Crippen molar-refractivity contribution in [3.05, 3.63) is 83.9 Å². The normalized spacial score (nSPS) is 11.0. The van der Waals surface area contributed by atoms with Crippen LogP contribution in [0.3, 0.4) is 0 Å². The molecule has 0 radical (unpaired) electrons. The van der Waals surface area contributed by atoms with Gasteiger partial charge in [-0.2, -0.15) is 0 Å². The number of ketones is 1. The number of benzene rings is 2. The average Bonchev–Trinajstić information content (AvgIpc) is 2.49. The molecule has 21 heavy (non-hydrogen) atoms. The quantitative estimate of drug-likeness (QED) is 0.271. The fourth-order valence-electron chi connectivity index (χ4n) is 2.28. The summed E-state index contributed by atoms with van der Waals surface area (Å²) in [6, 6.07) is 18.7. The number of halogens is 1. The Hall–Kier alpha value is -1.42. The average molecular weight is 392 g/mol. The van der Waals surface area contributed by atoms with Gasteiger partial charge < -0.3 is 0 Å². The number of alkyl halides is 3. The molecule has 0 aromatic heterocycles. The maximum atomic E-state index is 11.8. The zero-order valence-electron chi connectivity index (χ0n) is 12.4. The fourth-order valence-corrected chi connectivity index (χ4v) is 7.63. The van der Waals surface area contributed by atoms with Crippen molar-refractivity contribution in [1.29, 1.82) is 0 Å². The number of carbonyl (C=O) groups excluding carboxylic acids is 1. The summed E-state index contributed by atoms with van der Waals surface area (Å²) in [6.45, 7) is 5.57. The van der Waals surface area contributed by atoms with E-state index in [4.69, 9.17) is 0 Å². The van der Waals surface area contributed by atoms with Crippen LogP contribution in [0.25, 0.3) is 0 Å². The van der Waals surface area contributed by atoms with Crippen LogP contribution in [0.4, 0.5) is 0 Å². The Bertz CT molecular complexity index is 604. The van der Waals surface area contributed by atoms with Crippen molar-refractivity contribution in [2.45, 2.75) is 15.8 Å². The van der Waals surface area contributed by atoms with Gasteiger partial charge in [-0.25, -0.2) is 0 Å². The molecule has 0 aliphatic carbocycles. The molecule has 0 fully saturated rings. The summed E-state index contributed by atoms with van der Waals surface area (Å²) in [5.74, 6) is 0.166. The molecule has 0 N–H and O–H groups in total. The summed E-state index contributed by atoms with van der Waals surface area (Å²) in [6.07, 6.45) is 2.05. The van der Waals surface area contributed by atoms with Crippen molar-refractivity contribution in [2.24, 2.45) is 0 Å². The van der Waals surface area contributed by atoms with Crippen molar-refractivity contribution in [2.75, 3.05) is 4.43 Å². The fraction of sp³-hybridized carbons (Fsp3) is 0.211. The van der Waals surface area contributed by atoms with Gasteiger partial charge in [-0.1, -0.05) is 0 Å². The predicted molar refractivity (Wildman–Crippen MR) is 99.4 cm³/mol. The van der Waals surface area contributed by atoms with Crippen molar-refractivity contribution < 1.29 is 4.79 Å². The zero-order chi connectivity index (χ0) is 15.1. The van der Waals surface area contributed by atoms with Crippen LogP contribution in [0, 0.1) is 0 Å². The predicted octanol–water partition coefficient (Wildman–Crippen LogP) is 5.28. The summed E-state index contributed by atoms with van der Waals surface area (Å²) in [7, 11) is 0. The first-order valence-electron chi connectivity index (χ1n) is 7.02. The van der Waals surface area contributed by atoms with E-state index in [1.807, 2.05) is 24.3 Å². The van der Waals surface area contributed by atoms with Crippen LogP contribution in [-0.2, 0) is 8.86 Å². The molecule has 0 aliphatic rings. The molecule has 1 nitrogen and oxygen atoms in total. The van der Waals surface area contributed by atoms with Crippen molar-refractivity contribution >= 4 is 25.6 Å². The minimum absolute atomic E-state index is 0.166. The van der Waals surface area contributed by atoms with Gasteiger partial charge in [-0.15, -0.1) is 0 Å². The molecule has 0 bridgehead atoms. The summed E-state index contributed by atoms with van der Waals surface area (Å²) in [5, 5.41) is 0. The topological polar surface area (TPSA) is 17.1 Å². The van der Waals surface area contributed by atoms with Crippen molar-refractivity contribution in [3.63, 3.8) is 0 Å². The van der Waals surface area contributed by atoms with E-state index < -0.39 is 19.8 Å². The summed E-state index contributed by atoms with van der Waals surface area (Å²) in [5.41, 5.74) is 3.51. The van der Waals surface area contributed by atoms with E-state index >= 15 is 0 Å². The first kappa shape index (κ1) is 16.0. The molecule has 110 valence electrons. The Balaban J connectivity index is 2.16. The SMILES string of the molecule is C=CCI(Cc1ccccc1)Cc1ccccc1C(C)=O. The molecule has 2 aromatic carbocycles. The molecule has 2 rings (SSSR count). The third-order valence-corrected chi connectivity index (χ3v) is 8.97. The van der Waals surface area contributed by atoms with Crippen LogP contribution in [0.2, 0.25) is 0 Å². The van der Waals surface area contributed by atoms with Gasteiger partial charge in [0.15, 0.2) is 0 Å². The summed E-state index contributed by atoms with van der Waals surface area (Å²) >= 11 is -1.22. The van der Waals surface area contributed by atoms with Crippen molar-refractivity contribution in [3.8, 4) is 0 Å². The Morgan fingerprint density at radius 3 is 2.38 bits per heavy atom.